The summed E-state index contributed by atoms with van der Waals surface area (Å²) in [5, 5.41) is 2.73. The van der Waals surface area contributed by atoms with Crippen molar-refractivity contribution in [1.29, 1.82) is 0 Å². The number of aryl methyl sites for hydroxylation is 1. The Kier molecular flexibility index (Phi) is 3.75. The number of anilines is 2. The van der Waals surface area contributed by atoms with E-state index in [4.69, 9.17) is 5.73 Å². The molecule has 4 heteroatoms. The van der Waals surface area contributed by atoms with Gasteiger partial charge in [-0.05, 0) is 37.5 Å². The third kappa shape index (κ3) is 2.58. The molecule has 1 amide bonds. The number of nitrogens with two attached hydrogens (primary N) is 1. The Bertz CT molecular complexity index is 437. The van der Waals surface area contributed by atoms with E-state index < -0.39 is 0 Å². The summed E-state index contributed by atoms with van der Waals surface area (Å²) in [7, 11) is 1.71. The number of nitrogens with zero attached hydrogens (tertiary/aromatic N) is 1. The van der Waals surface area contributed by atoms with Crippen LogP contribution < -0.4 is 16.0 Å². The van der Waals surface area contributed by atoms with Crippen molar-refractivity contribution in [1.82, 2.24) is 5.32 Å². The first-order chi connectivity index (χ1) is 8.61. The van der Waals surface area contributed by atoms with E-state index in [0.29, 0.717) is 0 Å². The molecule has 98 valence electrons. The van der Waals surface area contributed by atoms with Crippen molar-refractivity contribution < 1.29 is 4.79 Å². The predicted octanol–water partition coefficient (Wildman–Crippen LogP) is 1.54. The Hall–Kier alpha value is -1.71. The predicted molar refractivity (Wildman–Crippen MR) is 74.6 cm³/mol. The summed E-state index contributed by atoms with van der Waals surface area (Å²) in [4.78, 5) is 13.9. The molecule has 3 N–H and O–H groups in total. The molecule has 1 aromatic carbocycles. The van der Waals surface area contributed by atoms with Crippen LogP contribution in [0.2, 0.25) is 0 Å². The highest BCUT2D eigenvalue weighted by atomic mass is 16.1. The van der Waals surface area contributed by atoms with Crippen LogP contribution in [-0.2, 0) is 4.79 Å². The smallest absolute Gasteiger partial charge is 0.222 e. The normalized spacial score (nSPS) is 16.7. The summed E-state index contributed by atoms with van der Waals surface area (Å²) in [5.41, 5.74) is 9.07. The number of rotatable bonds is 2. The second-order valence-corrected chi connectivity index (χ2v) is 4.92. The molecule has 18 heavy (non-hydrogen) atoms. The van der Waals surface area contributed by atoms with Crippen LogP contribution >= 0.6 is 0 Å². The monoisotopic (exact) mass is 247 g/mol. The number of carbonyl (C=O) groups excluding carboxylic acids is 1. The topological polar surface area (TPSA) is 58.4 Å². The lowest BCUT2D eigenvalue weighted by Crippen LogP contribution is -2.39. The number of hydrogen-bond donors (Lipinski definition) is 2. The molecule has 1 heterocycles. The van der Waals surface area contributed by atoms with E-state index in [-0.39, 0.29) is 11.8 Å². The molecule has 1 fully saturated rings. The van der Waals surface area contributed by atoms with Crippen LogP contribution in [-0.4, -0.2) is 26.0 Å². The number of hydrogen-bond acceptors (Lipinski definition) is 3. The van der Waals surface area contributed by atoms with Crippen LogP contribution in [0.5, 0.6) is 0 Å². The second kappa shape index (κ2) is 5.29. The fourth-order valence-electron chi connectivity index (χ4n) is 2.55. The zero-order valence-electron chi connectivity index (χ0n) is 11.1. The van der Waals surface area contributed by atoms with Gasteiger partial charge < -0.3 is 16.0 Å². The molecule has 1 aromatic rings. The average molecular weight is 247 g/mol. The third-order valence-corrected chi connectivity index (χ3v) is 3.69. The van der Waals surface area contributed by atoms with Gasteiger partial charge in [0.2, 0.25) is 5.91 Å². The van der Waals surface area contributed by atoms with Gasteiger partial charge in [-0.25, -0.2) is 0 Å². The summed E-state index contributed by atoms with van der Waals surface area (Å²) in [6.45, 7) is 3.93. The van der Waals surface area contributed by atoms with E-state index in [1.165, 1.54) is 11.3 Å². The van der Waals surface area contributed by atoms with Gasteiger partial charge in [-0.1, -0.05) is 6.07 Å². The molecule has 1 aliphatic rings. The Balaban J connectivity index is 2.05. The van der Waals surface area contributed by atoms with E-state index in [9.17, 15) is 4.79 Å². The van der Waals surface area contributed by atoms with Crippen LogP contribution in [0.1, 0.15) is 18.4 Å². The summed E-state index contributed by atoms with van der Waals surface area (Å²) in [6.07, 6.45) is 1.82. The fourth-order valence-corrected chi connectivity index (χ4v) is 2.55. The van der Waals surface area contributed by atoms with Gasteiger partial charge in [-0.3, -0.25) is 4.79 Å². The van der Waals surface area contributed by atoms with E-state index in [2.05, 4.69) is 23.2 Å². The molecule has 1 aliphatic heterocycles. The Morgan fingerprint density at radius 2 is 2.06 bits per heavy atom. The highest BCUT2D eigenvalue weighted by Gasteiger charge is 2.24. The first-order valence-electron chi connectivity index (χ1n) is 6.44. The number of nitrogen functional groups attached to an aromatic ring is 1. The Morgan fingerprint density at radius 1 is 1.39 bits per heavy atom. The molecule has 0 aromatic heterocycles. The lowest BCUT2D eigenvalue weighted by atomic mass is 9.95. The molecule has 4 nitrogen and oxygen atoms in total. The molecule has 0 spiro atoms. The molecule has 0 unspecified atom stereocenters. The fraction of sp³-hybridized carbons (Fsp3) is 0.500. The number of benzene rings is 1. The van der Waals surface area contributed by atoms with Gasteiger partial charge in [0.1, 0.15) is 0 Å². The van der Waals surface area contributed by atoms with Crippen LogP contribution in [0.4, 0.5) is 11.4 Å². The van der Waals surface area contributed by atoms with E-state index >= 15 is 0 Å². The van der Waals surface area contributed by atoms with Crippen molar-refractivity contribution in [3.63, 3.8) is 0 Å². The molecule has 1 saturated heterocycles. The van der Waals surface area contributed by atoms with Crippen molar-refractivity contribution in [2.75, 3.05) is 30.8 Å². The summed E-state index contributed by atoms with van der Waals surface area (Å²) >= 11 is 0. The maximum atomic E-state index is 11.6. The molecule has 0 bridgehead atoms. The van der Waals surface area contributed by atoms with E-state index in [1.54, 1.807) is 7.05 Å². The minimum atomic E-state index is 0.160. The van der Waals surface area contributed by atoms with Gasteiger partial charge in [0.25, 0.3) is 0 Å². The van der Waals surface area contributed by atoms with Gasteiger partial charge in [0, 0.05) is 37.4 Å². The summed E-state index contributed by atoms with van der Waals surface area (Å²) in [5.74, 6) is 0.326. The van der Waals surface area contributed by atoms with Crippen molar-refractivity contribution in [3.05, 3.63) is 23.8 Å². The van der Waals surface area contributed by atoms with Gasteiger partial charge >= 0.3 is 0 Å². The summed E-state index contributed by atoms with van der Waals surface area (Å²) in [6, 6.07) is 6.00. The standard InChI is InChI=1S/C14H21N3O/c1-10-3-4-12(15)9-13(10)17-7-5-11(6-8-17)14(18)16-2/h3-4,9,11H,5-8,15H2,1-2H3,(H,16,18). The molecular weight excluding hydrogens is 226 g/mol. The van der Waals surface area contributed by atoms with Crippen LogP contribution in [0.15, 0.2) is 18.2 Å². The molecule has 2 rings (SSSR count). The van der Waals surface area contributed by atoms with Gasteiger partial charge in [-0.15, -0.1) is 0 Å². The zero-order valence-corrected chi connectivity index (χ0v) is 11.1. The van der Waals surface area contributed by atoms with Crippen molar-refractivity contribution >= 4 is 17.3 Å². The minimum absolute atomic E-state index is 0.160. The molecule has 0 saturated carbocycles. The zero-order chi connectivity index (χ0) is 13.1. The number of carbonyl (C=O) groups is 1. The lowest BCUT2D eigenvalue weighted by molar-refractivity contribution is -0.125. The quantitative estimate of drug-likeness (QED) is 0.779. The molecule has 0 aliphatic carbocycles. The number of nitrogens with one attached hydrogen (secondary N) is 1. The first-order valence-corrected chi connectivity index (χ1v) is 6.44. The SMILES string of the molecule is CNC(=O)C1CCN(c2cc(N)ccc2C)CC1. The van der Waals surface area contributed by atoms with Crippen molar-refractivity contribution in [2.24, 2.45) is 5.92 Å². The number of amides is 1. The highest BCUT2D eigenvalue weighted by Crippen LogP contribution is 2.27. The summed E-state index contributed by atoms with van der Waals surface area (Å²) < 4.78 is 0. The third-order valence-electron chi connectivity index (χ3n) is 3.69. The van der Waals surface area contributed by atoms with Gasteiger partial charge in [0.05, 0.1) is 0 Å². The maximum absolute atomic E-state index is 11.6. The Morgan fingerprint density at radius 3 is 2.67 bits per heavy atom. The highest BCUT2D eigenvalue weighted by molar-refractivity contribution is 5.78. The van der Waals surface area contributed by atoms with Gasteiger partial charge in [0.15, 0.2) is 0 Å². The molecule has 0 radical (unpaired) electrons. The van der Waals surface area contributed by atoms with E-state index in [0.717, 1.165) is 31.6 Å². The van der Waals surface area contributed by atoms with Gasteiger partial charge in [-0.2, -0.15) is 0 Å². The lowest BCUT2D eigenvalue weighted by Gasteiger charge is -2.33. The van der Waals surface area contributed by atoms with Crippen LogP contribution in [0.3, 0.4) is 0 Å². The minimum Gasteiger partial charge on any atom is -0.399 e. The molecule has 0 atom stereocenters. The first kappa shape index (κ1) is 12.7. The number of piperidine rings is 1. The van der Waals surface area contributed by atoms with E-state index in [1.807, 2.05) is 12.1 Å². The van der Waals surface area contributed by atoms with Crippen LogP contribution in [0, 0.1) is 12.8 Å². The Labute approximate surface area is 108 Å². The van der Waals surface area contributed by atoms with Crippen molar-refractivity contribution in [3.8, 4) is 0 Å². The van der Waals surface area contributed by atoms with Crippen molar-refractivity contribution in [2.45, 2.75) is 19.8 Å². The largest absolute Gasteiger partial charge is 0.399 e. The van der Waals surface area contributed by atoms with Crippen LogP contribution in [0.25, 0.3) is 0 Å². The second-order valence-electron chi connectivity index (χ2n) is 4.92. The molecular formula is C14H21N3O. The maximum Gasteiger partial charge on any atom is 0.222 e. The average Bonchev–Trinajstić information content (AvgIpc) is 2.41.